The van der Waals surface area contributed by atoms with Gasteiger partial charge in [0, 0.05) is 43.8 Å². The zero-order valence-corrected chi connectivity index (χ0v) is 15.5. The molecule has 0 aromatic carbocycles. The minimum absolute atomic E-state index is 0.269. The Hall–Kier alpha value is -2.96. The maximum atomic E-state index is 9.31. The Balaban J connectivity index is 1.49. The lowest BCUT2D eigenvalue weighted by Crippen LogP contribution is -2.58. The lowest BCUT2D eigenvalue weighted by molar-refractivity contribution is 0.100. The van der Waals surface area contributed by atoms with Crippen molar-refractivity contribution in [2.75, 3.05) is 24.5 Å². The van der Waals surface area contributed by atoms with Crippen molar-refractivity contribution in [1.82, 2.24) is 19.9 Å². The predicted molar refractivity (Wildman–Crippen MR) is 103 cm³/mol. The van der Waals surface area contributed by atoms with Crippen LogP contribution in [0, 0.1) is 30.1 Å². The first-order valence-corrected chi connectivity index (χ1v) is 9.41. The fraction of sp³-hybridized carbons (Fsp3) is 0.429. The summed E-state index contributed by atoms with van der Waals surface area (Å²) in [5, 5.41) is 9.31. The fourth-order valence-electron chi connectivity index (χ4n) is 4.01. The highest BCUT2D eigenvalue weighted by Gasteiger charge is 2.35. The van der Waals surface area contributed by atoms with E-state index in [-0.39, 0.29) is 6.04 Å². The Labute approximate surface area is 159 Å². The van der Waals surface area contributed by atoms with Crippen LogP contribution in [0.1, 0.15) is 36.3 Å². The maximum absolute atomic E-state index is 9.31. The normalized spacial score (nSPS) is 22.3. The molecule has 2 aromatic heterocycles. The Morgan fingerprint density at radius 3 is 2.89 bits per heavy atom. The molecule has 4 heterocycles. The molecule has 6 heteroatoms. The van der Waals surface area contributed by atoms with E-state index in [4.69, 9.17) is 0 Å². The molecule has 6 nitrogen and oxygen atoms in total. The summed E-state index contributed by atoms with van der Waals surface area (Å²) in [7, 11) is 0. The summed E-state index contributed by atoms with van der Waals surface area (Å²) in [5.41, 5.74) is 2.24. The molecular weight excluding hydrogens is 336 g/mol. The molecule has 4 rings (SSSR count). The summed E-state index contributed by atoms with van der Waals surface area (Å²) in [6.07, 6.45) is 6.65. The van der Waals surface area contributed by atoms with Gasteiger partial charge in [0.2, 0.25) is 0 Å². The predicted octanol–water partition coefficient (Wildman–Crippen LogP) is 2.15. The number of piperidine rings is 1. The van der Waals surface area contributed by atoms with Crippen molar-refractivity contribution in [2.45, 2.75) is 38.3 Å². The number of hydrogen-bond acceptors (Lipinski definition) is 6. The van der Waals surface area contributed by atoms with Crippen molar-refractivity contribution >= 4 is 5.82 Å². The van der Waals surface area contributed by atoms with E-state index in [1.807, 2.05) is 25.1 Å². The van der Waals surface area contributed by atoms with Crippen LogP contribution < -0.4 is 4.90 Å². The van der Waals surface area contributed by atoms with Gasteiger partial charge in [0.05, 0.1) is 6.04 Å². The topological polar surface area (TPSA) is 68.9 Å². The summed E-state index contributed by atoms with van der Waals surface area (Å²) >= 11 is 0. The standard InChI is InChI=1S/C21H22N6/c1-16-4-2-5-17(25-16)8-9-18-6-3-7-19-15-26(12-13-27(18)19)21-20(14-22)23-10-11-24-21/h2,4-5,10-11,18-19H,3,6-7,12-13,15H2,1H3/t18-,19+/m1/s1. The molecule has 0 saturated carbocycles. The summed E-state index contributed by atoms with van der Waals surface area (Å²) in [5.74, 6) is 7.43. The number of rotatable bonds is 1. The maximum Gasteiger partial charge on any atom is 0.183 e. The van der Waals surface area contributed by atoms with Gasteiger partial charge in [-0.15, -0.1) is 0 Å². The van der Waals surface area contributed by atoms with E-state index in [1.54, 1.807) is 12.4 Å². The highest BCUT2D eigenvalue weighted by atomic mass is 15.3. The largest absolute Gasteiger partial charge is 0.351 e. The van der Waals surface area contributed by atoms with Gasteiger partial charge < -0.3 is 4.90 Å². The molecule has 0 bridgehead atoms. The van der Waals surface area contributed by atoms with Crippen molar-refractivity contribution in [3.63, 3.8) is 0 Å². The van der Waals surface area contributed by atoms with Crippen molar-refractivity contribution in [1.29, 1.82) is 5.26 Å². The molecule has 0 spiro atoms. The van der Waals surface area contributed by atoms with Gasteiger partial charge in [0.1, 0.15) is 11.8 Å². The van der Waals surface area contributed by atoms with Crippen molar-refractivity contribution in [3.8, 4) is 17.9 Å². The van der Waals surface area contributed by atoms with Crippen LogP contribution in [0.4, 0.5) is 5.82 Å². The minimum Gasteiger partial charge on any atom is -0.351 e. The molecular formula is C21H22N6. The van der Waals surface area contributed by atoms with Crippen LogP contribution in [0.25, 0.3) is 0 Å². The molecule has 2 aliphatic heterocycles. The number of aryl methyl sites for hydroxylation is 1. The third-order valence-corrected chi connectivity index (χ3v) is 5.28. The molecule has 2 atom stereocenters. The Morgan fingerprint density at radius 1 is 1.15 bits per heavy atom. The Bertz CT molecular complexity index is 922. The highest BCUT2D eigenvalue weighted by Crippen LogP contribution is 2.28. The lowest BCUT2D eigenvalue weighted by atomic mass is 9.93. The van der Waals surface area contributed by atoms with E-state index < -0.39 is 0 Å². The second kappa shape index (κ2) is 7.73. The molecule has 27 heavy (non-hydrogen) atoms. The van der Waals surface area contributed by atoms with E-state index in [9.17, 15) is 5.26 Å². The zero-order chi connectivity index (χ0) is 18.6. The van der Waals surface area contributed by atoms with Gasteiger partial charge in [-0.25, -0.2) is 15.0 Å². The monoisotopic (exact) mass is 358 g/mol. The van der Waals surface area contributed by atoms with Crippen LogP contribution in [-0.4, -0.2) is 51.6 Å². The van der Waals surface area contributed by atoms with E-state index in [0.717, 1.165) is 43.9 Å². The first-order chi connectivity index (χ1) is 13.2. The summed E-state index contributed by atoms with van der Waals surface area (Å²) in [6.45, 7) is 4.62. The SMILES string of the molecule is Cc1cccc(C#C[C@H]2CCC[C@H]3CN(c4nccnc4C#N)CCN32)n1. The number of nitriles is 1. The first kappa shape index (κ1) is 17.5. The summed E-state index contributed by atoms with van der Waals surface area (Å²) in [4.78, 5) is 17.8. The third kappa shape index (κ3) is 3.77. The molecule has 0 amide bonds. The average molecular weight is 358 g/mol. The molecule has 0 radical (unpaired) electrons. The lowest BCUT2D eigenvalue weighted by Gasteiger charge is -2.47. The van der Waals surface area contributed by atoms with Gasteiger partial charge in [0.15, 0.2) is 11.5 Å². The second-order valence-electron chi connectivity index (χ2n) is 7.06. The number of pyridine rings is 1. The number of aromatic nitrogens is 3. The number of nitrogens with zero attached hydrogens (tertiary/aromatic N) is 6. The van der Waals surface area contributed by atoms with Gasteiger partial charge in [-0.05, 0) is 44.2 Å². The van der Waals surface area contributed by atoms with Crippen LogP contribution in [0.5, 0.6) is 0 Å². The van der Waals surface area contributed by atoms with E-state index in [2.05, 4.69) is 42.7 Å². The second-order valence-corrected chi connectivity index (χ2v) is 7.06. The van der Waals surface area contributed by atoms with Gasteiger partial charge in [-0.3, -0.25) is 4.90 Å². The Kier molecular flexibility index (Phi) is 5.00. The van der Waals surface area contributed by atoms with E-state index in [1.165, 1.54) is 6.42 Å². The fourth-order valence-corrected chi connectivity index (χ4v) is 4.01. The van der Waals surface area contributed by atoms with Gasteiger partial charge in [-0.2, -0.15) is 5.26 Å². The summed E-state index contributed by atoms with van der Waals surface area (Å²) < 4.78 is 0. The molecule has 0 aliphatic carbocycles. The van der Waals surface area contributed by atoms with E-state index >= 15 is 0 Å². The third-order valence-electron chi connectivity index (χ3n) is 5.28. The van der Waals surface area contributed by atoms with Gasteiger partial charge >= 0.3 is 0 Å². The summed E-state index contributed by atoms with van der Waals surface area (Å²) in [6, 6.07) is 8.82. The first-order valence-electron chi connectivity index (χ1n) is 9.41. The Morgan fingerprint density at radius 2 is 2.04 bits per heavy atom. The highest BCUT2D eigenvalue weighted by molar-refractivity contribution is 5.50. The van der Waals surface area contributed by atoms with Crippen LogP contribution in [0.15, 0.2) is 30.6 Å². The average Bonchev–Trinajstić information content (AvgIpc) is 2.71. The van der Waals surface area contributed by atoms with Crippen LogP contribution in [-0.2, 0) is 0 Å². The zero-order valence-electron chi connectivity index (χ0n) is 15.5. The van der Waals surface area contributed by atoms with Crippen LogP contribution >= 0.6 is 0 Å². The number of fused-ring (bicyclic) bond motifs is 1. The van der Waals surface area contributed by atoms with Crippen molar-refractivity contribution < 1.29 is 0 Å². The molecule has 0 N–H and O–H groups in total. The number of anilines is 1. The quantitative estimate of drug-likeness (QED) is 0.728. The van der Waals surface area contributed by atoms with Crippen LogP contribution in [0.3, 0.4) is 0 Å². The molecule has 2 fully saturated rings. The smallest absolute Gasteiger partial charge is 0.183 e. The molecule has 2 aromatic rings. The molecule has 0 unspecified atom stereocenters. The van der Waals surface area contributed by atoms with Crippen molar-refractivity contribution in [2.24, 2.45) is 0 Å². The van der Waals surface area contributed by atoms with Gasteiger partial charge in [-0.1, -0.05) is 12.0 Å². The van der Waals surface area contributed by atoms with E-state index in [0.29, 0.717) is 17.6 Å². The van der Waals surface area contributed by atoms with Gasteiger partial charge in [0.25, 0.3) is 0 Å². The number of piperazine rings is 1. The van der Waals surface area contributed by atoms with Crippen LogP contribution in [0.2, 0.25) is 0 Å². The molecule has 136 valence electrons. The van der Waals surface area contributed by atoms with Crippen molar-refractivity contribution in [3.05, 3.63) is 47.7 Å². The number of hydrogen-bond donors (Lipinski definition) is 0. The minimum atomic E-state index is 0.269. The molecule has 2 saturated heterocycles. The molecule has 2 aliphatic rings.